The Morgan fingerprint density at radius 3 is 1.83 bits per heavy atom. The van der Waals surface area contributed by atoms with E-state index in [2.05, 4.69) is 24.3 Å². The van der Waals surface area contributed by atoms with Crippen LogP contribution in [-0.4, -0.2) is 46.1 Å². The second kappa shape index (κ2) is 13.9. The molecular weight excluding hydrogens is 521 g/mol. The third kappa shape index (κ3) is 9.34. The molecule has 194 valence electrons. The van der Waals surface area contributed by atoms with E-state index in [9.17, 15) is 9.59 Å². The molecule has 0 aromatic heterocycles. The van der Waals surface area contributed by atoms with Crippen LogP contribution in [0.1, 0.15) is 43.7 Å². The van der Waals surface area contributed by atoms with E-state index in [1.54, 1.807) is 17.9 Å². The standard InChI is InChI=1S/C28H32Cl3NO4/c1-2-35-26(33)19-23-17-24(15-13-21-9-5-3-6-10-21)32(27(34)36-20-28(29,30)31)25(18-23)16-14-22-11-7-4-8-12-22/h3-12,19,24-25H,2,13-18,20H2,1H3/t24-,25+. The zero-order valence-electron chi connectivity index (χ0n) is 20.4. The van der Waals surface area contributed by atoms with Crippen molar-refractivity contribution in [2.45, 2.75) is 61.3 Å². The van der Waals surface area contributed by atoms with E-state index in [1.807, 2.05) is 36.4 Å². The van der Waals surface area contributed by atoms with Crippen LogP contribution < -0.4 is 0 Å². The first-order valence-electron chi connectivity index (χ1n) is 12.2. The highest BCUT2D eigenvalue weighted by molar-refractivity contribution is 6.67. The van der Waals surface area contributed by atoms with E-state index in [1.165, 1.54) is 11.1 Å². The van der Waals surface area contributed by atoms with Gasteiger partial charge in [0.15, 0.2) is 0 Å². The number of aryl methyl sites for hydroxylation is 2. The lowest BCUT2D eigenvalue weighted by molar-refractivity contribution is -0.137. The molecule has 1 amide bonds. The maximum Gasteiger partial charge on any atom is 0.410 e. The van der Waals surface area contributed by atoms with Crippen LogP contribution in [0.25, 0.3) is 0 Å². The zero-order chi connectivity index (χ0) is 26.0. The van der Waals surface area contributed by atoms with E-state index in [-0.39, 0.29) is 24.7 Å². The average Bonchev–Trinajstić information content (AvgIpc) is 2.85. The van der Waals surface area contributed by atoms with Gasteiger partial charge in [-0.2, -0.15) is 0 Å². The molecule has 0 spiro atoms. The van der Waals surface area contributed by atoms with Crippen LogP contribution in [0.4, 0.5) is 4.79 Å². The molecule has 2 aromatic rings. The number of carbonyl (C=O) groups excluding carboxylic acids is 2. The summed E-state index contributed by atoms with van der Waals surface area (Å²) >= 11 is 17.6. The van der Waals surface area contributed by atoms with Gasteiger partial charge in [0.2, 0.25) is 3.79 Å². The molecule has 8 heteroatoms. The summed E-state index contributed by atoms with van der Waals surface area (Å²) in [5.74, 6) is -0.358. The highest BCUT2D eigenvalue weighted by atomic mass is 35.6. The van der Waals surface area contributed by atoms with Crippen LogP contribution in [0.2, 0.25) is 0 Å². The van der Waals surface area contributed by atoms with E-state index in [0.717, 1.165) is 18.4 Å². The Bertz CT molecular complexity index is 953. The molecule has 0 aliphatic carbocycles. The van der Waals surface area contributed by atoms with Crippen molar-refractivity contribution >= 4 is 46.9 Å². The molecule has 1 fully saturated rings. The molecule has 5 nitrogen and oxygen atoms in total. The maximum absolute atomic E-state index is 13.3. The maximum atomic E-state index is 13.3. The molecule has 1 heterocycles. The number of hydrogen-bond donors (Lipinski definition) is 0. The third-order valence-electron chi connectivity index (χ3n) is 6.18. The summed E-state index contributed by atoms with van der Waals surface area (Å²) in [5, 5.41) is 0. The van der Waals surface area contributed by atoms with Crippen molar-refractivity contribution in [3.05, 3.63) is 83.4 Å². The summed E-state index contributed by atoms with van der Waals surface area (Å²) in [6.07, 6.45) is 5.14. The normalized spacial score (nSPS) is 19.2. The van der Waals surface area contributed by atoms with Gasteiger partial charge < -0.3 is 14.4 Å². The fourth-order valence-corrected chi connectivity index (χ4v) is 4.77. The number of hydrogen-bond acceptors (Lipinski definition) is 4. The van der Waals surface area contributed by atoms with Gasteiger partial charge in [-0.25, -0.2) is 9.59 Å². The fraction of sp³-hybridized carbons (Fsp3) is 0.429. The number of esters is 1. The van der Waals surface area contributed by atoms with Gasteiger partial charge in [-0.1, -0.05) is 101 Å². The second-order valence-corrected chi connectivity index (χ2v) is 11.4. The number of halogens is 3. The average molecular weight is 553 g/mol. The topological polar surface area (TPSA) is 55.8 Å². The summed E-state index contributed by atoms with van der Waals surface area (Å²) < 4.78 is 8.91. The van der Waals surface area contributed by atoms with Crippen LogP contribution in [-0.2, 0) is 27.1 Å². The number of benzene rings is 2. The minimum atomic E-state index is -1.69. The lowest BCUT2D eigenvalue weighted by atomic mass is 9.85. The number of carbonyl (C=O) groups is 2. The number of nitrogens with zero attached hydrogens (tertiary/aromatic N) is 1. The Labute approximate surface area is 228 Å². The van der Waals surface area contributed by atoms with E-state index in [0.29, 0.717) is 32.3 Å². The van der Waals surface area contributed by atoms with Gasteiger partial charge in [-0.3, -0.25) is 0 Å². The van der Waals surface area contributed by atoms with Gasteiger partial charge in [0, 0.05) is 18.2 Å². The Kier molecular flexibility index (Phi) is 11.0. The van der Waals surface area contributed by atoms with Gasteiger partial charge in [0.05, 0.1) is 6.61 Å². The Morgan fingerprint density at radius 1 is 0.889 bits per heavy atom. The van der Waals surface area contributed by atoms with Crippen molar-refractivity contribution in [2.24, 2.45) is 0 Å². The summed E-state index contributed by atoms with van der Waals surface area (Å²) in [7, 11) is 0. The Morgan fingerprint density at radius 2 is 1.39 bits per heavy atom. The second-order valence-electron chi connectivity index (χ2n) is 8.90. The summed E-state index contributed by atoms with van der Waals surface area (Å²) in [6, 6.07) is 19.9. The van der Waals surface area contributed by atoms with Crippen molar-refractivity contribution in [3.63, 3.8) is 0 Å². The molecule has 3 rings (SSSR count). The van der Waals surface area contributed by atoms with Gasteiger partial charge in [-0.05, 0) is 56.6 Å². The number of rotatable bonds is 9. The highest BCUT2D eigenvalue weighted by Crippen LogP contribution is 2.34. The van der Waals surface area contributed by atoms with Crippen LogP contribution in [0.3, 0.4) is 0 Å². The van der Waals surface area contributed by atoms with Crippen LogP contribution in [0.15, 0.2) is 72.3 Å². The zero-order valence-corrected chi connectivity index (χ0v) is 22.6. The van der Waals surface area contributed by atoms with Crippen LogP contribution in [0.5, 0.6) is 0 Å². The monoisotopic (exact) mass is 551 g/mol. The fourth-order valence-electron chi connectivity index (χ4n) is 4.61. The van der Waals surface area contributed by atoms with Crippen molar-refractivity contribution in [2.75, 3.05) is 13.2 Å². The van der Waals surface area contributed by atoms with Crippen LogP contribution in [0, 0.1) is 0 Å². The molecule has 0 unspecified atom stereocenters. The lowest BCUT2D eigenvalue weighted by Crippen LogP contribution is -2.51. The smallest absolute Gasteiger partial charge is 0.410 e. The number of alkyl halides is 3. The largest absolute Gasteiger partial charge is 0.463 e. The van der Waals surface area contributed by atoms with Crippen molar-refractivity contribution in [3.8, 4) is 0 Å². The minimum Gasteiger partial charge on any atom is -0.463 e. The van der Waals surface area contributed by atoms with Crippen molar-refractivity contribution in [1.82, 2.24) is 4.90 Å². The number of amides is 1. The molecule has 0 saturated carbocycles. The summed E-state index contributed by atoms with van der Waals surface area (Å²) in [4.78, 5) is 27.4. The van der Waals surface area contributed by atoms with Gasteiger partial charge in [-0.15, -0.1) is 0 Å². The molecule has 1 saturated heterocycles. The summed E-state index contributed by atoms with van der Waals surface area (Å²) in [6.45, 7) is 1.76. The first kappa shape index (κ1) is 28.4. The number of piperidine rings is 1. The van der Waals surface area contributed by atoms with E-state index < -0.39 is 9.89 Å². The Hall–Kier alpha value is -2.21. The molecule has 0 bridgehead atoms. The van der Waals surface area contributed by atoms with E-state index >= 15 is 0 Å². The summed E-state index contributed by atoms with van der Waals surface area (Å²) in [5.41, 5.74) is 3.32. The van der Waals surface area contributed by atoms with Crippen molar-refractivity contribution < 1.29 is 19.1 Å². The molecule has 36 heavy (non-hydrogen) atoms. The SMILES string of the molecule is CCOC(=O)C=C1C[C@@H](CCc2ccccc2)N(C(=O)OCC(Cl)(Cl)Cl)[C@@H](CCc2ccccc2)C1. The van der Waals surface area contributed by atoms with E-state index in [4.69, 9.17) is 44.3 Å². The number of likely N-dealkylation sites (tertiary alicyclic amines) is 1. The van der Waals surface area contributed by atoms with Gasteiger partial charge in [0.25, 0.3) is 0 Å². The van der Waals surface area contributed by atoms with Gasteiger partial charge in [0.1, 0.15) is 6.61 Å². The third-order valence-corrected chi connectivity index (χ3v) is 6.51. The molecule has 1 aliphatic heterocycles. The van der Waals surface area contributed by atoms with Crippen molar-refractivity contribution in [1.29, 1.82) is 0 Å². The molecular formula is C28H32Cl3NO4. The van der Waals surface area contributed by atoms with Gasteiger partial charge >= 0.3 is 12.1 Å². The molecule has 0 N–H and O–H groups in total. The molecule has 2 atom stereocenters. The molecule has 2 aromatic carbocycles. The quantitative estimate of drug-likeness (QED) is 0.189. The predicted octanol–water partition coefficient (Wildman–Crippen LogP) is 7.08. The Balaban J connectivity index is 1.86. The highest BCUT2D eigenvalue weighted by Gasteiger charge is 2.38. The first-order chi connectivity index (χ1) is 17.2. The minimum absolute atomic E-state index is 0.178. The lowest BCUT2D eigenvalue weighted by Gasteiger charge is -2.43. The predicted molar refractivity (Wildman–Crippen MR) is 145 cm³/mol. The number of ether oxygens (including phenoxy) is 2. The van der Waals surface area contributed by atoms with Crippen LogP contribution >= 0.6 is 34.8 Å². The first-order valence-corrected chi connectivity index (χ1v) is 13.3. The molecule has 0 radical (unpaired) electrons. The molecule has 1 aliphatic rings.